The van der Waals surface area contributed by atoms with Gasteiger partial charge in [0.05, 0.1) is 0 Å². The summed E-state index contributed by atoms with van der Waals surface area (Å²) >= 11 is 15.7. The maximum atomic E-state index is 10.8. The van der Waals surface area contributed by atoms with Crippen LogP contribution in [0.2, 0.25) is 0 Å². The van der Waals surface area contributed by atoms with E-state index in [2.05, 4.69) is 0 Å². The summed E-state index contributed by atoms with van der Waals surface area (Å²) in [5.74, 6) is -2.74. The Morgan fingerprint density at radius 1 is 1.50 bits per heavy atom. The molecule has 0 radical (unpaired) electrons. The van der Waals surface area contributed by atoms with E-state index in [1.54, 1.807) is 0 Å². The molecule has 14 heavy (non-hydrogen) atoms. The maximum absolute atomic E-state index is 10.8. The molecule has 0 unspecified atom stereocenters. The Kier molecular flexibility index (Phi) is 5.19. The van der Waals surface area contributed by atoms with Gasteiger partial charge in [0.15, 0.2) is 0 Å². The predicted molar refractivity (Wildman–Crippen MR) is 50.1 cm³/mol. The summed E-state index contributed by atoms with van der Waals surface area (Å²) in [5, 5.41) is 1.82. The second-order valence-corrected chi connectivity index (χ2v) is 6.37. The van der Waals surface area contributed by atoms with E-state index in [1.807, 2.05) is 5.32 Å². The van der Waals surface area contributed by atoms with Crippen LogP contribution in [0.25, 0.3) is 0 Å². The van der Waals surface area contributed by atoms with Gasteiger partial charge in [0.25, 0.3) is 0 Å². The molecule has 5 nitrogen and oxygen atoms in total. The molecule has 1 N–H and O–H groups in total. The SMILES string of the molecule is CCC(=O)N[C@H](C(Cl)(Cl)Cl)P(=O)([O-])[O-]. The first kappa shape index (κ1) is 14.5. The molecule has 0 aliphatic heterocycles. The van der Waals surface area contributed by atoms with E-state index in [4.69, 9.17) is 34.8 Å². The average molecular weight is 282 g/mol. The summed E-state index contributed by atoms with van der Waals surface area (Å²) in [6, 6.07) is 0. The molecular weight excluding hydrogens is 275 g/mol. The van der Waals surface area contributed by atoms with Crippen molar-refractivity contribution in [3.8, 4) is 0 Å². The van der Waals surface area contributed by atoms with Crippen molar-refractivity contribution in [2.24, 2.45) is 0 Å². The Morgan fingerprint density at radius 3 is 2.14 bits per heavy atom. The van der Waals surface area contributed by atoms with Crippen LogP contribution in [0.15, 0.2) is 0 Å². The van der Waals surface area contributed by atoms with Crippen molar-refractivity contribution in [2.75, 3.05) is 0 Å². The highest BCUT2D eigenvalue weighted by molar-refractivity contribution is 7.50. The van der Waals surface area contributed by atoms with Crippen LogP contribution in [-0.4, -0.2) is 15.5 Å². The molecule has 0 heterocycles. The first-order valence-electron chi connectivity index (χ1n) is 3.47. The number of hydrogen-bond acceptors (Lipinski definition) is 4. The molecular formula is C5H7Cl3NO4P-2. The first-order valence-corrected chi connectivity index (χ1v) is 6.21. The summed E-state index contributed by atoms with van der Waals surface area (Å²) in [7, 11) is -5.19. The summed E-state index contributed by atoms with van der Waals surface area (Å²) < 4.78 is 8.26. The number of carbonyl (C=O) groups excluding carboxylic acids is 1. The second-order valence-electron chi connectivity index (χ2n) is 2.41. The van der Waals surface area contributed by atoms with E-state index in [0.29, 0.717) is 0 Å². The second kappa shape index (κ2) is 5.01. The molecule has 0 fully saturated rings. The molecule has 0 saturated heterocycles. The van der Waals surface area contributed by atoms with Crippen molar-refractivity contribution in [1.82, 2.24) is 5.32 Å². The summed E-state index contributed by atoms with van der Waals surface area (Å²) in [6.45, 7) is 1.46. The summed E-state index contributed by atoms with van der Waals surface area (Å²) in [5.41, 5.74) is 0. The lowest BCUT2D eigenvalue weighted by molar-refractivity contribution is -0.317. The van der Waals surface area contributed by atoms with E-state index in [-0.39, 0.29) is 6.42 Å². The Balaban J connectivity index is 4.77. The number of hydrogen-bond donors (Lipinski definition) is 1. The molecule has 0 rings (SSSR count). The van der Waals surface area contributed by atoms with Gasteiger partial charge in [0, 0.05) is 6.42 Å². The van der Waals surface area contributed by atoms with E-state index in [9.17, 15) is 19.1 Å². The number of nitrogens with one attached hydrogen (secondary N) is 1. The first-order chi connectivity index (χ1) is 6.09. The topological polar surface area (TPSA) is 92.3 Å². The third-order valence-electron chi connectivity index (χ3n) is 1.25. The van der Waals surface area contributed by atoms with Crippen LogP contribution in [0.5, 0.6) is 0 Å². The molecule has 0 aromatic heterocycles. The summed E-state index contributed by atoms with van der Waals surface area (Å²) in [6.07, 6.45) is -0.0166. The van der Waals surface area contributed by atoms with E-state index in [1.165, 1.54) is 6.92 Å². The molecule has 1 amide bonds. The van der Waals surface area contributed by atoms with Crippen molar-refractivity contribution in [3.05, 3.63) is 0 Å². The van der Waals surface area contributed by atoms with Crippen LogP contribution in [0.3, 0.4) is 0 Å². The van der Waals surface area contributed by atoms with Crippen LogP contribution in [0, 0.1) is 0 Å². The maximum Gasteiger partial charge on any atom is 0.220 e. The normalized spacial score (nSPS) is 15.0. The zero-order valence-corrected chi connectivity index (χ0v) is 10.2. The molecule has 84 valence electrons. The van der Waals surface area contributed by atoms with Gasteiger partial charge in [-0.15, -0.1) is 0 Å². The van der Waals surface area contributed by atoms with Gasteiger partial charge in [-0.2, -0.15) is 0 Å². The fourth-order valence-corrected chi connectivity index (χ4v) is 2.49. The lowest BCUT2D eigenvalue weighted by Crippen LogP contribution is -2.48. The molecule has 0 saturated carbocycles. The minimum Gasteiger partial charge on any atom is -0.809 e. The molecule has 0 aliphatic carbocycles. The Labute approximate surface area is 95.9 Å². The third kappa shape index (κ3) is 4.82. The van der Waals surface area contributed by atoms with Crippen molar-refractivity contribution < 1.29 is 19.1 Å². The van der Waals surface area contributed by atoms with Gasteiger partial charge >= 0.3 is 0 Å². The smallest absolute Gasteiger partial charge is 0.220 e. The molecule has 0 aliphatic rings. The zero-order chi connectivity index (χ0) is 11.6. The van der Waals surface area contributed by atoms with E-state index < -0.39 is 23.1 Å². The number of halogens is 3. The number of carbonyl (C=O) groups is 1. The highest BCUT2D eigenvalue weighted by atomic mass is 35.6. The van der Waals surface area contributed by atoms with Gasteiger partial charge in [0.2, 0.25) is 9.70 Å². The van der Waals surface area contributed by atoms with E-state index >= 15 is 0 Å². The van der Waals surface area contributed by atoms with Crippen LogP contribution in [0.1, 0.15) is 13.3 Å². The van der Waals surface area contributed by atoms with Crippen LogP contribution in [0.4, 0.5) is 0 Å². The quantitative estimate of drug-likeness (QED) is 0.588. The zero-order valence-electron chi connectivity index (χ0n) is 7.00. The highest BCUT2D eigenvalue weighted by Gasteiger charge is 2.36. The van der Waals surface area contributed by atoms with Gasteiger partial charge in [-0.1, -0.05) is 41.7 Å². The standard InChI is InChI=1S/C5H9Cl3NO4P/c1-2-3(10)9-4(5(6,7)8)14(11,12)13/h4H,2H2,1H3,(H,9,10)(H2,11,12,13)/p-2/t4-/m0/s1. The number of rotatable bonds is 3. The van der Waals surface area contributed by atoms with Gasteiger partial charge in [-0.3, -0.25) is 4.79 Å². The fourth-order valence-electron chi connectivity index (χ4n) is 0.595. The molecule has 0 spiro atoms. The van der Waals surface area contributed by atoms with Gasteiger partial charge in [0.1, 0.15) is 5.78 Å². The van der Waals surface area contributed by atoms with Crippen LogP contribution in [-0.2, 0) is 9.36 Å². The lowest BCUT2D eigenvalue weighted by Gasteiger charge is -2.41. The van der Waals surface area contributed by atoms with Crippen molar-refractivity contribution >= 4 is 48.3 Å². The fraction of sp³-hybridized carbons (Fsp3) is 0.800. The minimum absolute atomic E-state index is 0.0166. The van der Waals surface area contributed by atoms with Crippen LogP contribution < -0.4 is 15.1 Å². The molecule has 0 bridgehead atoms. The summed E-state index contributed by atoms with van der Waals surface area (Å²) in [4.78, 5) is 32.1. The minimum atomic E-state index is -5.19. The monoisotopic (exact) mass is 281 g/mol. The number of amides is 1. The largest absolute Gasteiger partial charge is 0.809 e. The Hall–Kier alpha value is 0.490. The predicted octanol–water partition coefficient (Wildman–Crippen LogP) is 0.123. The van der Waals surface area contributed by atoms with Crippen molar-refractivity contribution in [3.63, 3.8) is 0 Å². The third-order valence-corrected chi connectivity index (χ3v) is 3.51. The molecule has 0 aromatic rings. The lowest BCUT2D eigenvalue weighted by atomic mass is 10.4. The Bertz CT molecular complexity index is 260. The number of alkyl halides is 3. The highest BCUT2D eigenvalue weighted by Crippen LogP contribution is 2.45. The van der Waals surface area contributed by atoms with Crippen molar-refractivity contribution in [1.29, 1.82) is 0 Å². The Morgan fingerprint density at radius 2 is 1.93 bits per heavy atom. The van der Waals surface area contributed by atoms with Gasteiger partial charge < -0.3 is 19.7 Å². The van der Waals surface area contributed by atoms with Gasteiger partial charge in [-0.05, 0) is 7.60 Å². The molecule has 1 atom stereocenters. The van der Waals surface area contributed by atoms with E-state index in [0.717, 1.165) is 0 Å². The van der Waals surface area contributed by atoms with Crippen LogP contribution >= 0.6 is 42.4 Å². The van der Waals surface area contributed by atoms with Gasteiger partial charge in [-0.25, -0.2) is 0 Å². The molecule has 0 aromatic carbocycles. The molecule has 9 heteroatoms. The average Bonchev–Trinajstić information content (AvgIpc) is 1.95. The van der Waals surface area contributed by atoms with Crippen molar-refractivity contribution in [2.45, 2.75) is 22.9 Å².